The highest BCUT2D eigenvalue weighted by molar-refractivity contribution is 5.84. The predicted molar refractivity (Wildman–Crippen MR) is 83.6 cm³/mol. The Bertz CT molecular complexity index is 302. The molecule has 1 saturated heterocycles. The molecular weight excluding hydrogens is 252 g/mol. The van der Waals surface area contributed by atoms with Crippen molar-refractivity contribution in [3.05, 3.63) is 0 Å². The van der Waals surface area contributed by atoms with Gasteiger partial charge in [0, 0.05) is 13.1 Å². The number of piperidine rings is 1. The number of carbonyl (C=O) groups excluding carboxylic acids is 1. The monoisotopic (exact) mass is 284 g/mol. The molecule has 0 radical (unpaired) electrons. The topological polar surface area (TPSA) is 61.6 Å². The van der Waals surface area contributed by atoms with E-state index in [1.165, 1.54) is 25.9 Å². The standard InChI is InChI=1S/C15H32N4O/c1-5-17-15(2,14(16)20)8-11-19(4)12-13-6-9-18(3)10-7-13/h13,17H,5-12H2,1-4H3,(H2,16,20). The fourth-order valence-electron chi connectivity index (χ4n) is 2.88. The zero-order chi connectivity index (χ0) is 15.2. The average molecular weight is 284 g/mol. The molecule has 1 rings (SSSR count). The highest BCUT2D eigenvalue weighted by Crippen LogP contribution is 2.17. The molecular formula is C15H32N4O. The van der Waals surface area contributed by atoms with Gasteiger partial charge in [-0.3, -0.25) is 4.79 Å². The third-order valence-electron chi connectivity index (χ3n) is 4.51. The zero-order valence-electron chi connectivity index (χ0n) is 13.6. The molecule has 3 N–H and O–H groups in total. The van der Waals surface area contributed by atoms with Crippen molar-refractivity contribution < 1.29 is 4.79 Å². The molecule has 5 heteroatoms. The summed E-state index contributed by atoms with van der Waals surface area (Å²) in [5.41, 5.74) is 4.93. The van der Waals surface area contributed by atoms with E-state index in [1.54, 1.807) is 0 Å². The van der Waals surface area contributed by atoms with Gasteiger partial charge >= 0.3 is 0 Å². The van der Waals surface area contributed by atoms with Crippen molar-refractivity contribution in [1.29, 1.82) is 0 Å². The molecule has 1 atom stereocenters. The molecule has 0 bridgehead atoms. The van der Waals surface area contributed by atoms with E-state index in [0.29, 0.717) is 0 Å². The van der Waals surface area contributed by atoms with Gasteiger partial charge in [0.05, 0.1) is 5.54 Å². The largest absolute Gasteiger partial charge is 0.368 e. The summed E-state index contributed by atoms with van der Waals surface area (Å²) in [5.74, 6) is 0.530. The Balaban J connectivity index is 2.34. The quantitative estimate of drug-likeness (QED) is 0.681. The number of rotatable bonds is 8. The molecule has 0 spiro atoms. The zero-order valence-corrected chi connectivity index (χ0v) is 13.6. The Morgan fingerprint density at radius 1 is 1.45 bits per heavy atom. The number of hydrogen-bond acceptors (Lipinski definition) is 4. The van der Waals surface area contributed by atoms with Crippen LogP contribution in [0.15, 0.2) is 0 Å². The molecule has 0 aromatic rings. The minimum absolute atomic E-state index is 0.257. The second kappa shape index (κ2) is 7.96. The van der Waals surface area contributed by atoms with Gasteiger partial charge in [-0.15, -0.1) is 0 Å². The highest BCUT2D eigenvalue weighted by atomic mass is 16.1. The molecule has 0 aromatic carbocycles. The Morgan fingerprint density at radius 2 is 2.05 bits per heavy atom. The van der Waals surface area contributed by atoms with Gasteiger partial charge in [-0.25, -0.2) is 0 Å². The minimum atomic E-state index is -0.588. The highest BCUT2D eigenvalue weighted by Gasteiger charge is 2.30. The summed E-state index contributed by atoms with van der Waals surface area (Å²) in [5, 5.41) is 3.22. The fourth-order valence-corrected chi connectivity index (χ4v) is 2.88. The SMILES string of the molecule is CCNC(C)(CCN(C)CC1CCN(C)CC1)C(N)=O. The van der Waals surface area contributed by atoms with E-state index in [4.69, 9.17) is 5.73 Å². The summed E-state index contributed by atoms with van der Waals surface area (Å²) < 4.78 is 0. The van der Waals surface area contributed by atoms with E-state index < -0.39 is 5.54 Å². The Labute approximate surface area is 123 Å². The number of likely N-dealkylation sites (tertiary alicyclic amines) is 1. The molecule has 1 amide bonds. The lowest BCUT2D eigenvalue weighted by molar-refractivity contribution is -0.124. The van der Waals surface area contributed by atoms with Crippen molar-refractivity contribution in [2.75, 3.05) is 46.8 Å². The van der Waals surface area contributed by atoms with Crippen molar-refractivity contribution in [1.82, 2.24) is 15.1 Å². The maximum Gasteiger partial charge on any atom is 0.237 e. The van der Waals surface area contributed by atoms with Crippen LogP contribution in [0.3, 0.4) is 0 Å². The Morgan fingerprint density at radius 3 is 2.55 bits per heavy atom. The van der Waals surface area contributed by atoms with Crippen LogP contribution in [0.1, 0.15) is 33.1 Å². The van der Waals surface area contributed by atoms with Crippen LogP contribution in [0.5, 0.6) is 0 Å². The first-order valence-corrected chi connectivity index (χ1v) is 7.79. The molecule has 1 aliphatic heterocycles. The van der Waals surface area contributed by atoms with E-state index in [2.05, 4.69) is 29.2 Å². The van der Waals surface area contributed by atoms with Crippen LogP contribution in [-0.4, -0.2) is 68.1 Å². The summed E-state index contributed by atoms with van der Waals surface area (Å²) in [6.45, 7) is 9.10. The van der Waals surface area contributed by atoms with Crippen molar-refractivity contribution in [2.24, 2.45) is 11.7 Å². The number of carbonyl (C=O) groups is 1. The van der Waals surface area contributed by atoms with Crippen molar-refractivity contribution in [3.8, 4) is 0 Å². The number of hydrogen-bond donors (Lipinski definition) is 2. The van der Waals surface area contributed by atoms with Crippen LogP contribution >= 0.6 is 0 Å². The average Bonchev–Trinajstić information content (AvgIpc) is 2.39. The number of likely N-dealkylation sites (N-methyl/N-ethyl adjacent to an activating group) is 1. The van der Waals surface area contributed by atoms with Crippen molar-refractivity contribution >= 4 is 5.91 Å². The lowest BCUT2D eigenvalue weighted by Crippen LogP contribution is -2.54. The van der Waals surface area contributed by atoms with Crippen LogP contribution in [0.2, 0.25) is 0 Å². The van der Waals surface area contributed by atoms with E-state index in [0.717, 1.165) is 32.0 Å². The molecule has 1 heterocycles. The van der Waals surface area contributed by atoms with Gasteiger partial charge in [-0.05, 0) is 65.8 Å². The maximum absolute atomic E-state index is 11.6. The van der Waals surface area contributed by atoms with Crippen LogP contribution in [-0.2, 0) is 4.79 Å². The van der Waals surface area contributed by atoms with Gasteiger partial charge in [0.15, 0.2) is 0 Å². The normalized spacial score (nSPS) is 21.1. The minimum Gasteiger partial charge on any atom is -0.368 e. The van der Waals surface area contributed by atoms with E-state index in [-0.39, 0.29) is 5.91 Å². The van der Waals surface area contributed by atoms with Gasteiger partial charge in [-0.1, -0.05) is 6.92 Å². The number of primary amides is 1. The number of nitrogens with zero attached hydrogens (tertiary/aromatic N) is 2. The summed E-state index contributed by atoms with van der Waals surface area (Å²) in [6.07, 6.45) is 3.32. The van der Waals surface area contributed by atoms with E-state index >= 15 is 0 Å². The second-order valence-corrected chi connectivity index (χ2v) is 6.49. The van der Waals surface area contributed by atoms with Gasteiger partial charge in [0.1, 0.15) is 0 Å². The molecule has 1 unspecified atom stereocenters. The van der Waals surface area contributed by atoms with Gasteiger partial charge < -0.3 is 20.9 Å². The first-order valence-electron chi connectivity index (χ1n) is 7.79. The molecule has 0 saturated carbocycles. The third-order valence-corrected chi connectivity index (χ3v) is 4.51. The molecule has 20 heavy (non-hydrogen) atoms. The predicted octanol–water partition coefficient (Wildman–Crippen LogP) is 0.504. The number of amides is 1. The molecule has 1 fully saturated rings. The number of nitrogens with two attached hydrogens (primary N) is 1. The summed E-state index contributed by atoms with van der Waals surface area (Å²) in [6, 6.07) is 0. The first-order chi connectivity index (χ1) is 9.37. The lowest BCUT2D eigenvalue weighted by atomic mass is 9.94. The van der Waals surface area contributed by atoms with Crippen molar-refractivity contribution in [2.45, 2.75) is 38.6 Å². The smallest absolute Gasteiger partial charge is 0.237 e. The Kier molecular flexibility index (Phi) is 6.92. The van der Waals surface area contributed by atoms with Gasteiger partial charge in [0.2, 0.25) is 5.91 Å². The van der Waals surface area contributed by atoms with Crippen molar-refractivity contribution in [3.63, 3.8) is 0 Å². The number of nitrogens with one attached hydrogen (secondary N) is 1. The molecule has 0 aliphatic carbocycles. The first kappa shape index (κ1) is 17.4. The molecule has 5 nitrogen and oxygen atoms in total. The van der Waals surface area contributed by atoms with Crippen LogP contribution < -0.4 is 11.1 Å². The van der Waals surface area contributed by atoms with Crippen LogP contribution in [0.4, 0.5) is 0 Å². The molecule has 0 aromatic heterocycles. The second-order valence-electron chi connectivity index (χ2n) is 6.49. The van der Waals surface area contributed by atoms with Crippen LogP contribution in [0, 0.1) is 5.92 Å². The third kappa shape index (κ3) is 5.38. The van der Waals surface area contributed by atoms with Crippen LogP contribution in [0.25, 0.3) is 0 Å². The summed E-state index contributed by atoms with van der Waals surface area (Å²) in [7, 11) is 4.33. The summed E-state index contributed by atoms with van der Waals surface area (Å²) >= 11 is 0. The van der Waals surface area contributed by atoms with E-state index in [9.17, 15) is 4.79 Å². The van der Waals surface area contributed by atoms with Gasteiger partial charge in [0.25, 0.3) is 0 Å². The van der Waals surface area contributed by atoms with Gasteiger partial charge in [-0.2, -0.15) is 0 Å². The molecule has 1 aliphatic rings. The maximum atomic E-state index is 11.6. The fraction of sp³-hybridized carbons (Fsp3) is 0.933. The molecule has 118 valence electrons. The summed E-state index contributed by atoms with van der Waals surface area (Å²) in [4.78, 5) is 16.3. The lowest BCUT2D eigenvalue weighted by Gasteiger charge is -2.33. The Hall–Kier alpha value is -0.650. The van der Waals surface area contributed by atoms with E-state index in [1.807, 2.05) is 13.8 Å².